The molecule has 0 saturated heterocycles. The maximum Gasteiger partial charge on any atom is 0.153 e. The van der Waals surface area contributed by atoms with Crippen molar-refractivity contribution in [1.29, 1.82) is 5.26 Å². The van der Waals surface area contributed by atoms with Gasteiger partial charge in [0.2, 0.25) is 0 Å². The van der Waals surface area contributed by atoms with Crippen LogP contribution in [0.4, 0.5) is 21.7 Å². The minimum Gasteiger partial charge on any atom is -0.382 e. The highest BCUT2D eigenvalue weighted by atomic mass is 19.1. The van der Waals surface area contributed by atoms with Crippen LogP contribution in [0.5, 0.6) is 0 Å². The quantitative estimate of drug-likeness (QED) is 0.579. The van der Waals surface area contributed by atoms with E-state index in [1.807, 2.05) is 42.6 Å². The van der Waals surface area contributed by atoms with Crippen molar-refractivity contribution in [1.82, 2.24) is 14.5 Å². The molecule has 0 aliphatic carbocycles. The topological polar surface area (TPSA) is 92.6 Å². The Balaban J connectivity index is 1.63. The zero-order valence-corrected chi connectivity index (χ0v) is 14.2. The van der Waals surface area contributed by atoms with Gasteiger partial charge >= 0.3 is 0 Å². The molecule has 0 bridgehead atoms. The number of nitrogens with one attached hydrogen (secondary N) is 1. The van der Waals surface area contributed by atoms with E-state index < -0.39 is 0 Å². The van der Waals surface area contributed by atoms with Crippen molar-refractivity contribution in [2.75, 3.05) is 11.1 Å². The van der Waals surface area contributed by atoms with Crippen LogP contribution in [-0.4, -0.2) is 14.5 Å². The van der Waals surface area contributed by atoms with Crippen molar-refractivity contribution in [3.8, 4) is 6.07 Å². The number of nitriles is 1. The van der Waals surface area contributed by atoms with Gasteiger partial charge in [-0.15, -0.1) is 0 Å². The second-order valence-electron chi connectivity index (χ2n) is 6.07. The molecule has 3 N–H and O–H groups in total. The van der Waals surface area contributed by atoms with E-state index >= 15 is 0 Å². The predicted molar refractivity (Wildman–Crippen MR) is 102 cm³/mol. The summed E-state index contributed by atoms with van der Waals surface area (Å²) in [6.45, 7) is 0.578. The molecule has 2 aromatic heterocycles. The van der Waals surface area contributed by atoms with Gasteiger partial charge in [0, 0.05) is 29.3 Å². The highest BCUT2D eigenvalue weighted by Crippen LogP contribution is 2.25. The number of nitrogens with zero attached hydrogens (tertiary/aromatic N) is 4. The average molecular weight is 358 g/mol. The molecular formula is C20H15FN6. The summed E-state index contributed by atoms with van der Waals surface area (Å²) in [4.78, 5) is 7.92. The van der Waals surface area contributed by atoms with Gasteiger partial charge in [-0.2, -0.15) is 5.26 Å². The maximum atomic E-state index is 13.4. The molecule has 0 atom stereocenters. The number of nitrogen functional groups attached to an aromatic ring is 1. The second kappa shape index (κ2) is 6.77. The molecule has 4 aromatic rings. The highest BCUT2D eigenvalue weighted by molar-refractivity contribution is 5.85. The number of rotatable bonds is 4. The molecule has 0 fully saturated rings. The van der Waals surface area contributed by atoms with Gasteiger partial charge in [0.05, 0.1) is 0 Å². The lowest BCUT2D eigenvalue weighted by molar-refractivity contribution is 0.624. The summed E-state index contributed by atoms with van der Waals surface area (Å²) in [6.07, 6.45) is 3.27. The van der Waals surface area contributed by atoms with Crippen LogP contribution in [0.25, 0.3) is 10.9 Å². The van der Waals surface area contributed by atoms with Crippen LogP contribution in [0, 0.1) is 17.1 Å². The molecule has 2 aromatic carbocycles. The fourth-order valence-electron chi connectivity index (χ4n) is 2.99. The molecule has 0 spiro atoms. The Labute approximate surface area is 154 Å². The van der Waals surface area contributed by atoms with Gasteiger partial charge in [-0.3, -0.25) is 0 Å². The number of hydrogen-bond acceptors (Lipinski definition) is 5. The molecule has 2 heterocycles. The van der Waals surface area contributed by atoms with E-state index in [2.05, 4.69) is 19.9 Å². The van der Waals surface area contributed by atoms with Crippen LogP contribution in [-0.2, 0) is 6.54 Å². The lowest BCUT2D eigenvalue weighted by atomic mass is 10.2. The first-order valence-electron chi connectivity index (χ1n) is 8.25. The standard InChI is InChI=1S/C20H15FN6/c21-15-3-1-2-13(8-15)11-27-7-6-14-9-16(4-5-18(14)27)26-20-17(10-22)19(23)24-12-25-20/h1-9,12H,11H2,(H3,23,24,25,26). The van der Waals surface area contributed by atoms with Crippen molar-refractivity contribution >= 4 is 28.2 Å². The summed E-state index contributed by atoms with van der Waals surface area (Å²) >= 11 is 0. The number of nitrogens with two attached hydrogens (primary N) is 1. The van der Waals surface area contributed by atoms with E-state index in [1.54, 1.807) is 6.07 Å². The van der Waals surface area contributed by atoms with E-state index in [1.165, 1.54) is 18.5 Å². The van der Waals surface area contributed by atoms with Crippen LogP contribution >= 0.6 is 0 Å². The van der Waals surface area contributed by atoms with Crippen molar-refractivity contribution in [2.24, 2.45) is 0 Å². The molecule has 0 aliphatic heterocycles. The number of hydrogen-bond donors (Lipinski definition) is 2. The third-order valence-electron chi connectivity index (χ3n) is 4.26. The molecule has 0 aliphatic rings. The molecule has 27 heavy (non-hydrogen) atoms. The number of aromatic nitrogens is 3. The third-order valence-corrected chi connectivity index (χ3v) is 4.26. The first-order chi connectivity index (χ1) is 13.1. The summed E-state index contributed by atoms with van der Waals surface area (Å²) in [5.74, 6) is 0.258. The van der Waals surface area contributed by atoms with Crippen LogP contribution in [0.2, 0.25) is 0 Å². The van der Waals surface area contributed by atoms with Crippen molar-refractivity contribution in [2.45, 2.75) is 6.54 Å². The monoisotopic (exact) mass is 358 g/mol. The third kappa shape index (κ3) is 3.28. The Bertz CT molecular complexity index is 1170. The van der Waals surface area contributed by atoms with Crippen LogP contribution in [0.15, 0.2) is 61.1 Å². The number of fused-ring (bicyclic) bond motifs is 1. The number of anilines is 3. The van der Waals surface area contributed by atoms with E-state index in [0.717, 1.165) is 22.2 Å². The highest BCUT2D eigenvalue weighted by Gasteiger charge is 2.10. The summed E-state index contributed by atoms with van der Waals surface area (Å²) in [7, 11) is 0. The molecule has 0 unspecified atom stereocenters. The van der Waals surface area contributed by atoms with Gasteiger partial charge in [-0.05, 0) is 42.0 Å². The molecule has 132 valence electrons. The summed E-state index contributed by atoms with van der Waals surface area (Å²) in [5, 5.41) is 13.4. The van der Waals surface area contributed by atoms with Gasteiger partial charge in [0.15, 0.2) is 5.82 Å². The molecule has 4 rings (SSSR count). The first-order valence-corrected chi connectivity index (χ1v) is 8.25. The zero-order valence-electron chi connectivity index (χ0n) is 14.2. The summed E-state index contributed by atoms with van der Waals surface area (Å²) < 4.78 is 15.5. The number of halogens is 1. The lowest BCUT2D eigenvalue weighted by Gasteiger charge is -2.09. The molecule has 6 nitrogen and oxygen atoms in total. The molecule has 7 heteroatoms. The first kappa shape index (κ1) is 16.5. The Morgan fingerprint density at radius 2 is 2.04 bits per heavy atom. The van der Waals surface area contributed by atoms with Crippen LogP contribution in [0.1, 0.15) is 11.1 Å². The van der Waals surface area contributed by atoms with Crippen molar-refractivity contribution < 1.29 is 4.39 Å². The van der Waals surface area contributed by atoms with Gasteiger partial charge in [0.25, 0.3) is 0 Å². The molecule has 0 saturated carbocycles. The fraction of sp³-hybridized carbons (Fsp3) is 0.0500. The molecule has 0 radical (unpaired) electrons. The normalized spacial score (nSPS) is 10.7. The maximum absolute atomic E-state index is 13.4. The van der Waals surface area contributed by atoms with Gasteiger partial charge in [-0.25, -0.2) is 14.4 Å². The predicted octanol–water partition coefficient (Wildman–Crippen LogP) is 3.82. The Morgan fingerprint density at radius 3 is 2.85 bits per heavy atom. The van der Waals surface area contributed by atoms with Gasteiger partial charge < -0.3 is 15.6 Å². The van der Waals surface area contributed by atoms with Gasteiger partial charge in [0.1, 0.15) is 29.6 Å². The average Bonchev–Trinajstić information content (AvgIpc) is 3.04. The van der Waals surface area contributed by atoms with E-state index in [9.17, 15) is 9.65 Å². The Hall–Kier alpha value is -3.92. The number of benzene rings is 2. The smallest absolute Gasteiger partial charge is 0.153 e. The van der Waals surface area contributed by atoms with Crippen LogP contribution < -0.4 is 11.1 Å². The Kier molecular flexibility index (Phi) is 4.15. The van der Waals surface area contributed by atoms with E-state index in [0.29, 0.717) is 12.4 Å². The second-order valence-corrected chi connectivity index (χ2v) is 6.07. The summed E-state index contributed by atoms with van der Waals surface area (Å²) in [6, 6.07) is 16.4. The molecular weight excluding hydrogens is 343 g/mol. The Morgan fingerprint density at radius 1 is 1.15 bits per heavy atom. The minimum atomic E-state index is -0.243. The van der Waals surface area contributed by atoms with Gasteiger partial charge in [-0.1, -0.05) is 12.1 Å². The van der Waals surface area contributed by atoms with Crippen LogP contribution in [0.3, 0.4) is 0 Å². The molecule has 0 amide bonds. The summed E-state index contributed by atoms with van der Waals surface area (Å²) in [5.41, 5.74) is 8.62. The lowest BCUT2D eigenvalue weighted by Crippen LogP contribution is -2.03. The fourth-order valence-corrected chi connectivity index (χ4v) is 2.99. The largest absolute Gasteiger partial charge is 0.382 e. The van der Waals surface area contributed by atoms with Crippen molar-refractivity contribution in [3.05, 3.63) is 78.0 Å². The SMILES string of the molecule is N#Cc1c(N)ncnc1Nc1ccc2c(ccn2Cc2cccc(F)c2)c1. The van der Waals surface area contributed by atoms with E-state index in [4.69, 9.17) is 5.73 Å². The minimum absolute atomic E-state index is 0.136. The van der Waals surface area contributed by atoms with E-state index in [-0.39, 0.29) is 17.2 Å². The van der Waals surface area contributed by atoms with Crippen molar-refractivity contribution in [3.63, 3.8) is 0 Å². The zero-order chi connectivity index (χ0) is 18.8.